The summed E-state index contributed by atoms with van der Waals surface area (Å²) in [5, 5.41) is 14.9. The van der Waals surface area contributed by atoms with Crippen LogP contribution in [0, 0.1) is 5.92 Å². The van der Waals surface area contributed by atoms with Crippen molar-refractivity contribution >= 4 is 22.5 Å². The Morgan fingerprint density at radius 1 is 1.39 bits per heavy atom. The first-order valence-electron chi connectivity index (χ1n) is 6.39. The van der Waals surface area contributed by atoms with E-state index in [1.54, 1.807) is 0 Å². The Morgan fingerprint density at radius 3 is 2.89 bits per heavy atom. The molecule has 3 N–H and O–H groups in total. The van der Waals surface area contributed by atoms with Gasteiger partial charge in [0.05, 0.1) is 11.1 Å². The maximum Gasteiger partial charge on any atom is 0.0705 e. The first kappa shape index (κ1) is 12.0. The number of nitrogens with one attached hydrogen (secondary N) is 2. The molecule has 0 radical (unpaired) electrons. The summed E-state index contributed by atoms with van der Waals surface area (Å²) in [6.07, 6.45) is 2.11. The van der Waals surface area contributed by atoms with Crippen molar-refractivity contribution in [2.75, 3.05) is 6.54 Å². The molecule has 1 aliphatic rings. The van der Waals surface area contributed by atoms with Gasteiger partial charge in [-0.1, -0.05) is 29.8 Å². The summed E-state index contributed by atoms with van der Waals surface area (Å²) < 4.78 is 0. The minimum absolute atomic E-state index is 0.215. The zero-order valence-corrected chi connectivity index (χ0v) is 10.9. The first-order chi connectivity index (χ1) is 8.75. The number of aromatic amines is 1. The van der Waals surface area contributed by atoms with E-state index in [1.165, 1.54) is 0 Å². The molecule has 0 amide bonds. The zero-order chi connectivity index (χ0) is 12.5. The molecule has 1 heterocycles. The molecular weight excluding hydrogens is 248 g/mol. The normalized spacial score (nSPS) is 17.2. The summed E-state index contributed by atoms with van der Waals surface area (Å²) in [5.41, 5.74) is 2.04. The molecule has 1 aliphatic carbocycles. The molecule has 0 saturated heterocycles. The summed E-state index contributed by atoms with van der Waals surface area (Å²) in [6, 6.07) is 8.00. The van der Waals surface area contributed by atoms with E-state index >= 15 is 0 Å². The lowest BCUT2D eigenvalue weighted by molar-refractivity contribution is 0.148. The van der Waals surface area contributed by atoms with Gasteiger partial charge in [-0.2, -0.15) is 0 Å². The average Bonchev–Trinajstić information content (AvgIpc) is 3.17. The molecule has 18 heavy (non-hydrogen) atoms. The van der Waals surface area contributed by atoms with Crippen LogP contribution >= 0.6 is 11.6 Å². The van der Waals surface area contributed by atoms with E-state index in [2.05, 4.69) is 10.3 Å². The lowest BCUT2D eigenvalue weighted by Crippen LogP contribution is -2.28. The maximum atomic E-state index is 9.77. The highest BCUT2D eigenvalue weighted by molar-refractivity contribution is 6.36. The first-order valence-corrected chi connectivity index (χ1v) is 6.77. The van der Waals surface area contributed by atoms with Gasteiger partial charge in [0.2, 0.25) is 0 Å². The lowest BCUT2D eigenvalue weighted by Gasteiger charge is -2.09. The number of halogens is 1. The van der Waals surface area contributed by atoms with Crippen molar-refractivity contribution < 1.29 is 5.11 Å². The van der Waals surface area contributed by atoms with Crippen LogP contribution in [-0.4, -0.2) is 22.7 Å². The smallest absolute Gasteiger partial charge is 0.0705 e. The van der Waals surface area contributed by atoms with E-state index in [-0.39, 0.29) is 6.10 Å². The number of H-pyrrole nitrogens is 1. The van der Waals surface area contributed by atoms with Gasteiger partial charge in [-0.15, -0.1) is 0 Å². The molecule has 1 atom stereocenters. The SMILES string of the molecule is OC(CNCc1[nH]c2ccccc2c1Cl)C1CC1. The number of hydrogen-bond donors (Lipinski definition) is 3. The van der Waals surface area contributed by atoms with Gasteiger partial charge in [-0.25, -0.2) is 0 Å². The Bertz CT molecular complexity index is 548. The van der Waals surface area contributed by atoms with Crippen molar-refractivity contribution in [3.8, 4) is 0 Å². The molecule has 1 aromatic heterocycles. The van der Waals surface area contributed by atoms with E-state index in [9.17, 15) is 5.11 Å². The predicted octanol–water partition coefficient (Wildman–Crippen LogP) is 2.68. The van der Waals surface area contributed by atoms with Crippen molar-refractivity contribution in [2.24, 2.45) is 5.92 Å². The number of rotatable bonds is 5. The van der Waals surface area contributed by atoms with Crippen LogP contribution in [0.1, 0.15) is 18.5 Å². The molecule has 1 fully saturated rings. The predicted molar refractivity (Wildman–Crippen MR) is 73.7 cm³/mol. The highest BCUT2D eigenvalue weighted by Gasteiger charge is 2.29. The Morgan fingerprint density at radius 2 is 2.17 bits per heavy atom. The fourth-order valence-electron chi connectivity index (χ4n) is 2.28. The minimum atomic E-state index is -0.215. The van der Waals surface area contributed by atoms with Gasteiger partial charge in [0.15, 0.2) is 0 Å². The molecule has 1 aromatic carbocycles. The number of fused-ring (bicyclic) bond motifs is 1. The molecule has 1 saturated carbocycles. The third kappa shape index (κ3) is 2.39. The van der Waals surface area contributed by atoms with E-state index in [0.717, 1.165) is 34.5 Å². The summed E-state index contributed by atoms with van der Waals surface area (Å²) in [4.78, 5) is 3.31. The molecule has 0 spiro atoms. The molecule has 3 nitrogen and oxygen atoms in total. The van der Waals surface area contributed by atoms with E-state index in [1.807, 2.05) is 24.3 Å². The van der Waals surface area contributed by atoms with Crippen molar-refractivity contribution in [2.45, 2.75) is 25.5 Å². The largest absolute Gasteiger partial charge is 0.392 e. The van der Waals surface area contributed by atoms with Gasteiger partial charge < -0.3 is 15.4 Å². The third-order valence-electron chi connectivity index (χ3n) is 3.54. The van der Waals surface area contributed by atoms with Gasteiger partial charge in [0.1, 0.15) is 0 Å². The zero-order valence-electron chi connectivity index (χ0n) is 10.1. The summed E-state index contributed by atoms with van der Waals surface area (Å²) in [7, 11) is 0. The topological polar surface area (TPSA) is 48.0 Å². The van der Waals surface area contributed by atoms with Gasteiger partial charge in [-0.05, 0) is 24.8 Å². The second-order valence-electron chi connectivity index (χ2n) is 5.00. The second-order valence-corrected chi connectivity index (χ2v) is 5.38. The van der Waals surface area contributed by atoms with Crippen molar-refractivity contribution in [1.82, 2.24) is 10.3 Å². The highest BCUT2D eigenvalue weighted by Crippen LogP contribution is 2.32. The fraction of sp³-hybridized carbons (Fsp3) is 0.429. The molecule has 2 aromatic rings. The molecule has 96 valence electrons. The van der Waals surface area contributed by atoms with E-state index in [4.69, 9.17) is 11.6 Å². The molecule has 0 aliphatic heterocycles. The Labute approximate surface area is 111 Å². The average molecular weight is 265 g/mol. The minimum Gasteiger partial charge on any atom is -0.392 e. The quantitative estimate of drug-likeness (QED) is 0.778. The van der Waals surface area contributed by atoms with E-state index < -0.39 is 0 Å². The van der Waals surface area contributed by atoms with Gasteiger partial charge >= 0.3 is 0 Å². The molecule has 1 unspecified atom stereocenters. The molecule has 0 bridgehead atoms. The number of hydrogen-bond acceptors (Lipinski definition) is 2. The number of aliphatic hydroxyl groups excluding tert-OH is 1. The second kappa shape index (κ2) is 4.92. The number of aromatic nitrogens is 1. The number of para-hydroxylation sites is 1. The van der Waals surface area contributed by atoms with Crippen LogP contribution in [0.15, 0.2) is 24.3 Å². The summed E-state index contributed by atoms with van der Waals surface area (Å²) in [5.74, 6) is 0.510. The van der Waals surface area contributed by atoms with Gasteiger partial charge in [0.25, 0.3) is 0 Å². The third-order valence-corrected chi connectivity index (χ3v) is 3.97. The van der Waals surface area contributed by atoms with Crippen LogP contribution in [0.5, 0.6) is 0 Å². The van der Waals surface area contributed by atoms with Crippen molar-refractivity contribution in [3.63, 3.8) is 0 Å². The van der Waals surface area contributed by atoms with Crippen LogP contribution in [-0.2, 0) is 6.54 Å². The molecular formula is C14H17ClN2O. The maximum absolute atomic E-state index is 9.77. The molecule has 4 heteroatoms. The van der Waals surface area contributed by atoms with Crippen LogP contribution in [0.25, 0.3) is 10.9 Å². The monoisotopic (exact) mass is 264 g/mol. The number of benzene rings is 1. The Hall–Kier alpha value is -1.03. The fourth-order valence-corrected chi connectivity index (χ4v) is 2.56. The lowest BCUT2D eigenvalue weighted by atomic mass is 10.2. The Balaban J connectivity index is 1.65. The van der Waals surface area contributed by atoms with Crippen LogP contribution in [0.4, 0.5) is 0 Å². The number of aliphatic hydroxyl groups is 1. The standard InChI is InChI=1S/C14H17ClN2O/c15-14-10-3-1-2-4-11(10)17-12(14)7-16-8-13(18)9-5-6-9/h1-4,9,13,16-18H,5-8H2. The van der Waals surface area contributed by atoms with Crippen LogP contribution in [0.3, 0.4) is 0 Å². The highest BCUT2D eigenvalue weighted by atomic mass is 35.5. The van der Waals surface area contributed by atoms with Crippen LogP contribution in [0.2, 0.25) is 5.02 Å². The van der Waals surface area contributed by atoms with Crippen molar-refractivity contribution in [1.29, 1.82) is 0 Å². The van der Waals surface area contributed by atoms with E-state index in [0.29, 0.717) is 19.0 Å². The Kier molecular flexibility index (Phi) is 3.29. The summed E-state index contributed by atoms with van der Waals surface area (Å²) >= 11 is 6.31. The van der Waals surface area contributed by atoms with Crippen LogP contribution < -0.4 is 5.32 Å². The van der Waals surface area contributed by atoms with Gasteiger partial charge in [-0.3, -0.25) is 0 Å². The van der Waals surface area contributed by atoms with Crippen molar-refractivity contribution in [3.05, 3.63) is 35.0 Å². The summed E-state index contributed by atoms with van der Waals surface area (Å²) in [6.45, 7) is 1.30. The molecule has 3 rings (SSSR count). The van der Waals surface area contributed by atoms with Gasteiger partial charge in [0, 0.05) is 29.7 Å².